The van der Waals surface area contributed by atoms with Crippen LogP contribution in [0, 0.1) is 0 Å². The van der Waals surface area contributed by atoms with Gasteiger partial charge >= 0.3 is 11.9 Å². The molecule has 0 amide bonds. The average Bonchev–Trinajstić information content (AvgIpc) is 2.65. The summed E-state index contributed by atoms with van der Waals surface area (Å²) in [6, 6.07) is -0.157. The van der Waals surface area contributed by atoms with Gasteiger partial charge in [0.2, 0.25) is 0 Å². The molecule has 0 radical (unpaired) electrons. The maximum Gasteiger partial charge on any atom is 0.317 e. The second-order valence-corrected chi connectivity index (χ2v) is 7.19. The topological polar surface area (TPSA) is 146 Å². The van der Waals surface area contributed by atoms with Crippen molar-refractivity contribution in [2.24, 2.45) is 0 Å². The number of rotatable bonds is 10. The summed E-state index contributed by atoms with van der Waals surface area (Å²) in [4.78, 5) is 38.7. The summed E-state index contributed by atoms with van der Waals surface area (Å²) in [5.74, 6) is -1.87. The lowest BCUT2D eigenvalue weighted by Gasteiger charge is -2.36. The fourth-order valence-corrected chi connectivity index (χ4v) is 3.39. The normalized spacial score (nSPS) is 22.1. The van der Waals surface area contributed by atoms with Crippen LogP contribution in [0.15, 0.2) is 0 Å². The predicted octanol–water partition coefficient (Wildman–Crippen LogP) is -1.26. The van der Waals surface area contributed by atoms with Crippen LogP contribution in [0.5, 0.6) is 0 Å². The first-order valence-electron chi connectivity index (χ1n) is 9.73. The molecule has 0 saturated carbocycles. The van der Waals surface area contributed by atoms with Crippen LogP contribution in [0.25, 0.3) is 0 Å². The number of hydrogen-bond acceptors (Lipinski definition) is 10. The first-order valence-corrected chi connectivity index (χ1v) is 9.73. The molecule has 1 aliphatic heterocycles. The van der Waals surface area contributed by atoms with Crippen LogP contribution in [0.2, 0.25) is 0 Å². The van der Waals surface area contributed by atoms with Gasteiger partial charge in [0.25, 0.3) is 0 Å². The number of carboxylic acid groups (broad SMARTS) is 2. The van der Waals surface area contributed by atoms with Crippen molar-refractivity contribution in [3.8, 4) is 0 Å². The Bertz CT molecular complexity index is 484. The maximum absolute atomic E-state index is 11.3. The molecule has 0 spiro atoms. The van der Waals surface area contributed by atoms with Crippen LogP contribution >= 0.6 is 0 Å². The fraction of sp³-hybridized carbons (Fsp3) is 0.882. The number of carbonyl (C=O) groups is 2. The third-order valence-electron chi connectivity index (χ3n) is 5.01. The highest BCUT2D eigenvalue weighted by Gasteiger charge is 2.23. The van der Waals surface area contributed by atoms with E-state index in [0.717, 1.165) is 0 Å². The van der Waals surface area contributed by atoms with E-state index in [0.29, 0.717) is 58.9 Å². The highest BCUT2D eigenvalue weighted by atomic mass is 17.1. The van der Waals surface area contributed by atoms with E-state index < -0.39 is 11.9 Å². The zero-order valence-electron chi connectivity index (χ0n) is 17.0. The summed E-state index contributed by atoms with van der Waals surface area (Å²) in [6.07, 6.45) is 0. The molecule has 1 atom stereocenters. The van der Waals surface area contributed by atoms with Gasteiger partial charge in [-0.1, -0.05) is 0 Å². The molecule has 0 aromatic carbocycles. The SMILES string of the molecule is CC1CN(CC(=O)O)CCN(CCOO)CCN(CCOO)CCN1CC(=O)O. The van der Waals surface area contributed by atoms with Crippen molar-refractivity contribution < 1.29 is 40.1 Å². The highest BCUT2D eigenvalue weighted by molar-refractivity contribution is 5.69. The minimum Gasteiger partial charge on any atom is -0.480 e. The third-order valence-corrected chi connectivity index (χ3v) is 5.01. The standard InChI is InChI=1S/C17H34N4O8/c1-15-12-20(13-16(22)23)5-4-18(8-10-28-26)2-3-19(9-11-29-27)6-7-21(15)14-17(24)25/h15,26-27H,2-14H2,1H3,(H,22,23)(H,24,25). The van der Waals surface area contributed by atoms with Gasteiger partial charge in [0.05, 0.1) is 26.3 Å². The van der Waals surface area contributed by atoms with Gasteiger partial charge in [-0.3, -0.25) is 39.7 Å². The minimum absolute atomic E-state index is 0.129. The minimum atomic E-state index is -0.936. The van der Waals surface area contributed by atoms with Crippen LogP contribution < -0.4 is 0 Å². The van der Waals surface area contributed by atoms with Crippen LogP contribution in [-0.2, 0) is 19.4 Å². The molecule has 0 aromatic rings. The largest absolute Gasteiger partial charge is 0.480 e. The van der Waals surface area contributed by atoms with E-state index in [2.05, 4.69) is 19.6 Å². The molecule has 12 nitrogen and oxygen atoms in total. The Kier molecular flexibility index (Phi) is 12.9. The van der Waals surface area contributed by atoms with E-state index >= 15 is 0 Å². The van der Waals surface area contributed by atoms with Gasteiger partial charge < -0.3 is 10.2 Å². The molecule has 4 N–H and O–H groups in total. The van der Waals surface area contributed by atoms with Crippen LogP contribution in [0.3, 0.4) is 0 Å². The molecule has 1 rings (SSSR count). The smallest absolute Gasteiger partial charge is 0.317 e. The van der Waals surface area contributed by atoms with Gasteiger partial charge in [-0.25, -0.2) is 9.78 Å². The summed E-state index contributed by atoms with van der Waals surface area (Å²) in [5, 5.41) is 35.8. The molecule has 1 aliphatic rings. The van der Waals surface area contributed by atoms with Gasteiger partial charge in [-0.2, -0.15) is 0 Å². The molecule has 1 fully saturated rings. The third kappa shape index (κ3) is 11.4. The highest BCUT2D eigenvalue weighted by Crippen LogP contribution is 2.06. The summed E-state index contributed by atoms with van der Waals surface area (Å²) in [5.41, 5.74) is 0. The van der Waals surface area contributed by atoms with Crippen molar-refractivity contribution in [2.45, 2.75) is 13.0 Å². The number of carboxylic acids is 2. The number of aliphatic carboxylic acids is 2. The van der Waals surface area contributed by atoms with Crippen molar-refractivity contribution in [1.29, 1.82) is 0 Å². The second kappa shape index (κ2) is 14.6. The Hall–Kier alpha value is -1.38. The molecule has 0 bridgehead atoms. The van der Waals surface area contributed by atoms with E-state index in [4.69, 9.17) is 10.5 Å². The van der Waals surface area contributed by atoms with Gasteiger partial charge in [0.15, 0.2) is 0 Å². The number of nitrogens with zero attached hydrogens (tertiary/aromatic N) is 4. The molecular weight excluding hydrogens is 388 g/mol. The Morgan fingerprint density at radius 1 is 0.793 bits per heavy atom. The monoisotopic (exact) mass is 422 g/mol. The molecule has 12 heteroatoms. The lowest BCUT2D eigenvalue weighted by molar-refractivity contribution is -0.245. The fourth-order valence-electron chi connectivity index (χ4n) is 3.39. The van der Waals surface area contributed by atoms with Gasteiger partial charge in [0.1, 0.15) is 0 Å². The number of hydrogen-bond donors (Lipinski definition) is 4. The quantitative estimate of drug-likeness (QED) is 0.246. The van der Waals surface area contributed by atoms with Crippen molar-refractivity contribution >= 4 is 11.9 Å². The van der Waals surface area contributed by atoms with Crippen molar-refractivity contribution in [3.63, 3.8) is 0 Å². The molecule has 1 saturated heterocycles. The Balaban J connectivity index is 2.92. The lowest BCUT2D eigenvalue weighted by atomic mass is 10.2. The molecular formula is C17H34N4O8. The second-order valence-electron chi connectivity index (χ2n) is 7.19. The predicted molar refractivity (Wildman–Crippen MR) is 103 cm³/mol. The molecule has 1 heterocycles. The molecule has 0 aromatic heterocycles. The zero-order chi connectivity index (χ0) is 21.6. The average molecular weight is 422 g/mol. The van der Waals surface area contributed by atoms with Crippen LogP contribution in [-0.4, -0.2) is 144 Å². The van der Waals surface area contributed by atoms with Crippen molar-refractivity contribution in [3.05, 3.63) is 0 Å². The summed E-state index contributed by atoms with van der Waals surface area (Å²) >= 11 is 0. The summed E-state index contributed by atoms with van der Waals surface area (Å²) in [6.45, 7) is 6.71. The van der Waals surface area contributed by atoms with Crippen molar-refractivity contribution in [2.75, 3.05) is 85.2 Å². The van der Waals surface area contributed by atoms with E-state index in [-0.39, 0.29) is 32.3 Å². The Labute approximate surface area is 170 Å². The van der Waals surface area contributed by atoms with Crippen LogP contribution in [0.1, 0.15) is 6.92 Å². The first kappa shape index (κ1) is 25.7. The summed E-state index contributed by atoms with van der Waals surface area (Å²) < 4.78 is 0. The van der Waals surface area contributed by atoms with Crippen molar-refractivity contribution in [1.82, 2.24) is 19.6 Å². The van der Waals surface area contributed by atoms with Gasteiger partial charge in [-0.05, 0) is 6.92 Å². The Morgan fingerprint density at radius 2 is 1.24 bits per heavy atom. The molecule has 1 unspecified atom stereocenters. The van der Waals surface area contributed by atoms with Crippen LogP contribution in [0.4, 0.5) is 0 Å². The van der Waals surface area contributed by atoms with E-state index in [1.54, 1.807) is 4.90 Å². The van der Waals surface area contributed by atoms with E-state index in [9.17, 15) is 19.8 Å². The molecule has 29 heavy (non-hydrogen) atoms. The Morgan fingerprint density at radius 3 is 1.69 bits per heavy atom. The van der Waals surface area contributed by atoms with E-state index in [1.165, 1.54) is 0 Å². The first-order chi connectivity index (χ1) is 13.8. The lowest BCUT2D eigenvalue weighted by Crippen LogP contribution is -2.51. The van der Waals surface area contributed by atoms with E-state index in [1.807, 2.05) is 11.8 Å². The van der Waals surface area contributed by atoms with Gasteiger partial charge in [-0.15, -0.1) is 0 Å². The zero-order valence-corrected chi connectivity index (χ0v) is 17.0. The summed E-state index contributed by atoms with van der Waals surface area (Å²) in [7, 11) is 0. The molecule has 170 valence electrons. The molecule has 0 aliphatic carbocycles. The maximum atomic E-state index is 11.3. The van der Waals surface area contributed by atoms with Gasteiger partial charge in [0, 0.05) is 64.9 Å².